The Kier molecular flexibility index (Phi) is 4.55. The Morgan fingerprint density at radius 1 is 1.16 bits per heavy atom. The molecule has 0 spiro atoms. The number of H-pyrrole nitrogens is 1. The summed E-state index contributed by atoms with van der Waals surface area (Å²) in [4.78, 5) is -0.745. The zero-order valence-corrected chi connectivity index (χ0v) is 19.8. The predicted octanol–water partition coefficient (Wildman–Crippen LogP) is 5.66. The predicted molar refractivity (Wildman–Crippen MR) is 128 cm³/mol. The molecule has 0 aliphatic heterocycles. The standard InChI is InChI=1S/C27H33ClN2O2/c1-16-21-6-4-18(14-23(21)30-29-16)22-7-8-24-25(22,2)11-12-26(28)15-19-13-20(31)5-3-17(19)9-10-27(24,26)32/h4,6-7,14-15,17,20,24,31-32H,3,5,8-13H2,1-2H3,(H,29,30)/t17?,20?,24?,25?,26?,27-/m0/s1. The van der Waals surface area contributed by atoms with Crippen LogP contribution in [-0.2, 0) is 0 Å². The van der Waals surface area contributed by atoms with Crippen molar-refractivity contribution >= 4 is 28.1 Å². The van der Waals surface area contributed by atoms with Gasteiger partial charge in [-0.15, -0.1) is 11.6 Å². The number of nitrogens with one attached hydrogen (secondary N) is 1. The van der Waals surface area contributed by atoms with Gasteiger partial charge in [0, 0.05) is 17.0 Å². The average molecular weight is 453 g/mol. The Labute approximate surface area is 194 Å². The number of fused-ring (bicyclic) bond motifs is 5. The molecule has 4 nitrogen and oxygen atoms in total. The molecule has 4 aliphatic carbocycles. The number of hydrogen-bond acceptors (Lipinski definition) is 3. The van der Waals surface area contributed by atoms with E-state index in [1.165, 1.54) is 16.7 Å². The summed E-state index contributed by atoms with van der Waals surface area (Å²) >= 11 is 7.35. The number of aromatic amines is 1. The Morgan fingerprint density at radius 3 is 2.84 bits per heavy atom. The Morgan fingerprint density at radius 2 is 2.00 bits per heavy atom. The number of nitrogens with zero attached hydrogens (tertiary/aromatic N) is 1. The lowest BCUT2D eigenvalue weighted by Crippen LogP contribution is -2.61. The van der Waals surface area contributed by atoms with E-state index in [-0.39, 0.29) is 17.4 Å². The van der Waals surface area contributed by atoms with Gasteiger partial charge in [-0.2, -0.15) is 5.10 Å². The van der Waals surface area contributed by atoms with Crippen molar-refractivity contribution in [3.8, 4) is 0 Å². The summed E-state index contributed by atoms with van der Waals surface area (Å²) < 4.78 is 0. The van der Waals surface area contributed by atoms with Gasteiger partial charge in [0.05, 0.1) is 22.1 Å². The minimum absolute atomic E-state index is 0.0924. The summed E-state index contributed by atoms with van der Waals surface area (Å²) in [6, 6.07) is 6.56. The number of aliphatic hydroxyl groups excluding tert-OH is 1. The molecule has 6 rings (SSSR count). The van der Waals surface area contributed by atoms with Crippen molar-refractivity contribution in [1.29, 1.82) is 0 Å². The first kappa shape index (κ1) is 20.9. The summed E-state index contributed by atoms with van der Waals surface area (Å²) in [6.45, 7) is 4.38. The number of aryl methyl sites for hydroxylation is 1. The van der Waals surface area contributed by atoms with Crippen molar-refractivity contribution in [1.82, 2.24) is 10.2 Å². The lowest BCUT2D eigenvalue weighted by Gasteiger charge is -2.56. The smallest absolute Gasteiger partial charge is 0.0929 e. The van der Waals surface area contributed by atoms with E-state index >= 15 is 0 Å². The molecule has 0 bridgehead atoms. The van der Waals surface area contributed by atoms with E-state index in [0.29, 0.717) is 12.3 Å². The molecule has 4 aliphatic rings. The molecule has 1 aromatic carbocycles. The highest BCUT2D eigenvalue weighted by atomic mass is 35.5. The van der Waals surface area contributed by atoms with Crippen LogP contribution in [0.2, 0.25) is 0 Å². The van der Waals surface area contributed by atoms with E-state index in [2.05, 4.69) is 54.4 Å². The number of allylic oxidation sites excluding steroid dienone is 2. The van der Waals surface area contributed by atoms with E-state index < -0.39 is 10.5 Å². The summed E-state index contributed by atoms with van der Waals surface area (Å²) in [5, 5.41) is 31.3. The molecular weight excluding hydrogens is 420 g/mol. The number of halogens is 1. The van der Waals surface area contributed by atoms with Crippen molar-refractivity contribution < 1.29 is 10.2 Å². The van der Waals surface area contributed by atoms with Gasteiger partial charge in [-0.3, -0.25) is 5.10 Å². The van der Waals surface area contributed by atoms with E-state index in [4.69, 9.17) is 11.6 Å². The molecule has 1 heterocycles. The maximum absolute atomic E-state index is 12.3. The van der Waals surface area contributed by atoms with Crippen LogP contribution in [0, 0.1) is 24.2 Å². The number of benzene rings is 1. The van der Waals surface area contributed by atoms with Crippen LogP contribution in [0.3, 0.4) is 0 Å². The highest BCUT2D eigenvalue weighted by Crippen LogP contribution is 2.65. The van der Waals surface area contributed by atoms with Gasteiger partial charge in [-0.25, -0.2) is 0 Å². The maximum atomic E-state index is 12.3. The van der Waals surface area contributed by atoms with Crippen molar-refractivity contribution in [2.24, 2.45) is 17.3 Å². The fourth-order valence-electron chi connectivity index (χ4n) is 7.55. The molecule has 0 radical (unpaired) electrons. The highest BCUT2D eigenvalue weighted by Gasteiger charge is 2.64. The van der Waals surface area contributed by atoms with Crippen LogP contribution < -0.4 is 0 Å². The molecular formula is C27H33ClN2O2. The normalized spacial score (nSPS) is 41.3. The van der Waals surface area contributed by atoms with E-state index in [1.54, 1.807) is 0 Å². The molecule has 6 atom stereocenters. The molecule has 5 unspecified atom stereocenters. The SMILES string of the molecule is Cc1[nH]nc2cc(C3=CCC4C3(C)CCC3(Cl)C=C5CC(O)CCC5CC[C@]43O)ccc12. The lowest BCUT2D eigenvalue weighted by molar-refractivity contribution is -0.106. The highest BCUT2D eigenvalue weighted by molar-refractivity contribution is 6.26. The third-order valence-electron chi connectivity index (χ3n) is 9.44. The van der Waals surface area contributed by atoms with Crippen LogP contribution in [0.15, 0.2) is 35.9 Å². The van der Waals surface area contributed by atoms with Crippen molar-refractivity contribution in [3.63, 3.8) is 0 Å². The number of hydrogen-bond donors (Lipinski definition) is 3. The van der Waals surface area contributed by atoms with Crippen LogP contribution in [0.25, 0.3) is 16.5 Å². The maximum Gasteiger partial charge on any atom is 0.0929 e. The fraction of sp³-hybridized carbons (Fsp3) is 0.593. The molecule has 1 aromatic heterocycles. The third-order valence-corrected chi connectivity index (χ3v) is 10.1. The van der Waals surface area contributed by atoms with E-state index in [1.807, 2.05) is 0 Å². The van der Waals surface area contributed by atoms with Gasteiger partial charge in [-0.1, -0.05) is 36.8 Å². The zero-order valence-electron chi connectivity index (χ0n) is 19.0. The molecule has 32 heavy (non-hydrogen) atoms. The van der Waals surface area contributed by atoms with Crippen LogP contribution in [0.4, 0.5) is 0 Å². The molecule has 2 saturated carbocycles. The lowest BCUT2D eigenvalue weighted by atomic mass is 9.54. The number of rotatable bonds is 1. The Balaban J connectivity index is 1.38. The van der Waals surface area contributed by atoms with Crippen molar-refractivity contribution in [2.45, 2.75) is 81.8 Å². The van der Waals surface area contributed by atoms with E-state index in [0.717, 1.165) is 61.5 Å². The molecule has 5 heteroatoms. The Hall–Kier alpha value is -1.62. The largest absolute Gasteiger partial charge is 0.393 e. The average Bonchev–Trinajstić information content (AvgIpc) is 3.28. The quantitative estimate of drug-likeness (QED) is 0.386. The summed E-state index contributed by atoms with van der Waals surface area (Å²) in [7, 11) is 0. The van der Waals surface area contributed by atoms with Gasteiger partial charge in [0.1, 0.15) is 0 Å². The molecule has 0 amide bonds. The summed E-state index contributed by atoms with van der Waals surface area (Å²) in [5.41, 5.74) is 4.86. The first-order chi connectivity index (χ1) is 15.2. The van der Waals surface area contributed by atoms with Gasteiger partial charge in [-0.05, 0) is 86.8 Å². The van der Waals surface area contributed by atoms with Crippen LogP contribution in [0.1, 0.15) is 69.5 Å². The molecule has 2 aromatic rings. The second kappa shape index (κ2) is 6.94. The second-order valence-electron chi connectivity index (χ2n) is 11.1. The van der Waals surface area contributed by atoms with Crippen LogP contribution >= 0.6 is 11.6 Å². The van der Waals surface area contributed by atoms with Crippen molar-refractivity contribution in [2.75, 3.05) is 0 Å². The monoisotopic (exact) mass is 452 g/mol. The van der Waals surface area contributed by atoms with Gasteiger partial charge < -0.3 is 10.2 Å². The van der Waals surface area contributed by atoms with Crippen molar-refractivity contribution in [3.05, 3.63) is 47.2 Å². The minimum atomic E-state index is -0.942. The van der Waals surface area contributed by atoms with Gasteiger partial charge in [0.2, 0.25) is 0 Å². The van der Waals surface area contributed by atoms with Gasteiger partial charge >= 0.3 is 0 Å². The third kappa shape index (κ3) is 2.79. The Bertz CT molecular complexity index is 1150. The molecule has 170 valence electrons. The first-order valence-corrected chi connectivity index (χ1v) is 12.6. The molecule has 0 saturated heterocycles. The van der Waals surface area contributed by atoms with E-state index in [9.17, 15) is 10.2 Å². The zero-order chi connectivity index (χ0) is 22.3. The minimum Gasteiger partial charge on any atom is -0.393 e. The van der Waals surface area contributed by atoms with Crippen LogP contribution in [0.5, 0.6) is 0 Å². The number of alkyl halides is 1. The number of aromatic nitrogens is 2. The first-order valence-electron chi connectivity index (χ1n) is 12.2. The fourth-order valence-corrected chi connectivity index (χ4v) is 8.01. The number of aliphatic hydroxyl groups is 2. The van der Waals surface area contributed by atoms with Gasteiger partial charge in [0.15, 0.2) is 0 Å². The topological polar surface area (TPSA) is 69.1 Å². The summed E-state index contributed by atoms with van der Waals surface area (Å²) in [5.74, 6) is 0.545. The molecule has 2 fully saturated rings. The second-order valence-corrected chi connectivity index (χ2v) is 11.8. The summed E-state index contributed by atoms with van der Waals surface area (Å²) in [6.07, 6.45) is 11.1. The molecule has 3 N–H and O–H groups in total. The van der Waals surface area contributed by atoms with Crippen LogP contribution in [-0.4, -0.2) is 37.0 Å². The van der Waals surface area contributed by atoms with Gasteiger partial charge in [0.25, 0.3) is 0 Å².